The third-order valence-corrected chi connectivity index (χ3v) is 4.41. The zero-order valence-corrected chi connectivity index (χ0v) is 14.7. The SMILES string of the molecule is CC(C)NC(=O)Cn1c(CO)cnc1SCc1ccc(Cl)cc1. The van der Waals surface area contributed by atoms with Gasteiger partial charge in [-0.05, 0) is 31.5 Å². The van der Waals surface area contributed by atoms with E-state index in [1.54, 1.807) is 10.8 Å². The molecule has 124 valence electrons. The predicted molar refractivity (Wildman–Crippen MR) is 92.4 cm³/mol. The second-order valence-corrected chi connectivity index (χ2v) is 6.79. The minimum absolute atomic E-state index is 0.0776. The van der Waals surface area contributed by atoms with Crippen molar-refractivity contribution in [2.24, 2.45) is 0 Å². The molecule has 5 nitrogen and oxygen atoms in total. The van der Waals surface area contributed by atoms with Gasteiger partial charge in [0.1, 0.15) is 6.54 Å². The van der Waals surface area contributed by atoms with Gasteiger partial charge in [0.15, 0.2) is 5.16 Å². The number of aliphatic hydroxyl groups excluding tert-OH is 1. The van der Waals surface area contributed by atoms with Gasteiger partial charge >= 0.3 is 0 Å². The lowest BCUT2D eigenvalue weighted by Crippen LogP contribution is -2.33. The fourth-order valence-corrected chi connectivity index (χ4v) is 3.12. The Morgan fingerprint density at radius 1 is 1.39 bits per heavy atom. The number of rotatable bonds is 7. The molecule has 23 heavy (non-hydrogen) atoms. The summed E-state index contributed by atoms with van der Waals surface area (Å²) in [6.45, 7) is 3.82. The van der Waals surface area contributed by atoms with Crippen molar-refractivity contribution in [2.45, 2.75) is 44.0 Å². The summed E-state index contributed by atoms with van der Waals surface area (Å²) in [5, 5.41) is 13.7. The molecule has 0 unspecified atom stereocenters. The van der Waals surface area contributed by atoms with E-state index in [1.165, 1.54) is 11.8 Å². The van der Waals surface area contributed by atoms with E-state index in [0.29, 0.717) is 21.6 Å². The highest BCUT2D eigenvalue weighted by Crippen LogP contribution is 2.24. The molecule has 0 bridgehead atoms. The maximum Gasteiger partial charge on any atom is 0.240 e. The average Bonchev–Trinajstić information content (AvgIpc) is 2.87. The molecule has 0 aliphatic rings. The molecule has 0 aliphatic heterocycles. The summed E-state index contributed by atoms with van der Waals surface area (Å²) in [5.41, 5.74) is 1.74. The Kier molecular flexibility index (Phi) is 6.50. The van der Waals surface area contributed by atoms with E-state index in [2.05, 4.69) is 10.3 Å². The second kappa shape index (κ2) is 8.38. The second-order valence-electron chi connectivity index (χ2n) is 5.41. The number of imidazole rings is 1. The first-order chi connectivity index (χ1) is 11.0. The normalized spacial score (nSPS) is 11.0. The van der Waals surface area contributed by atoms with Gasteiger partial charge in [0.05, 0.1) is 18.5 Å². The number of carbonyl (C=O) groups is 1. The highest BCUT2D eigenvalue weighted by Gasteiger charge is 2.14. The van der Waals surface area contributed by atoms with Gasteiger partial charge in [0.2, 0.25) is 5.91 Å². The number of aliphatic hydroxyl groups is 1. The summed E-state index contributed by atoms with van der Waals surface area (Å²) in [5.74, 6) is 0.617. The first-order valence-electron chi connectivity index (χ1n) is 7.31. The third kappa shape index (κ3) is 5.27. The Morgan fingerprint density at radius 3 is 2.70 bits per heavy atom. The number of halogens is 1. The molecule has 2 aromatic rings. The molecule has 0 saturated heterocycles. The van der Waals surface area contributed by atoms with Crippen molar-refractivity contribution in [1.82, 2.24) is 14.9 Å². The number of thioether (sulfide) groups is 1. The molecule has 1 aromatic heterocycles. The molecule has 0 saturated carbocycles. The van der Waals surface area contributed by atoms with Crippen molar-refractivity contribution in [3.63, 3.8) is 0 Å². The lowest BCUT2D eigenvalue weighted by molar-refractivity contribution is -0.122. The molecule has 0 spiro atoms. The molecule has 0 fully saturated rings. The van der Waals surface area contributed by atoms with E-state index in [9.17, 15) is 9.90 Å². The lowest BCUT2D eigenvalue weighted by atomic mass is 10.2. The van der Waals surface area contributed by atoms with Crippen LogP contribution < -0.4 is 5.32 Å². The fraction of sp³-hybridized carbons (Fsp3) is 0.375. The van der Waals surface area contributed by atoms with Crippen LogP contribution in [0.2, 0.25) is 5.02 Å². The number of benzene rings is 1. The largest absolute Gasteiger partial charge is 0.390 e. The minimum Gasteiger partial charge on any atom is -0.390 e. The number of nitrogens with one attached hydrogen (secondary N) is 1. The predicted octanol–water partition coefficient (Wildman–Crippen LogP) is 2.85. The summed E-state index contributed by atoms with van der Waals surface area (Å²) in [6.07, 6.45) is 1.60. The standard InChI is InChI=1S/C16H20ClN3O2S/c1-11(2)19-15(22)8-20-14(9-21)7-18-16(20)23-10-12-3-5-13(17)6-4-12/h3-7,11,21H,8-10H2,1-2H3,(H,19,22). The summed E-state index contributed by atoms with van der Waals surface area (Å²) in [7, 11) is 0. The quantitative estimate of drug-likeness (QED) is 0.751. The van der Waals surface area contributed by atoms with Crippen LogP contribution in [0.25, 0.3) is 0 Å². The van der Waals surface area contributed by atoms with Gasteiger partial charge < -0.3 is 15.0 Å². The Labute approximate surface area is 145 Å². The van der Waals surface area contributed by atoms with Crippen LogP contribution in [0.5, 0.6) is 0 Å². The molecule has 2 rings (SSSR count). The summed E-state index contributed by atoms with van der Waals surface area (Å²) >= 11 is 7.40. The number of carbonyl (C=O) groups excluding carboxylic acids is 1. The number of hydrogen-bond donors (Lipinski definition) is 2. The highest BCUT2D eigenvalue weighted by atomic mass is 35.5. The van der Waals surface area contributed by atoms with Crippen molar-refractivity contribution < 1.29 is 9.90 Å². The first-order valence-corrected chi connectivity index (χ1v) is 8.68. The van der Waals surface area contributed by atoms with Gasteiger partial charge in [-0.3, -0.25) is 4.79 Å². The molecule has 2 N–H and O–H groups in total. The van der Waals surface area contributed by atoms with Gasteiger partial charge in [-0.25, -0.2) is 4.98 Å². The van der Waals surface area contributed by atoms with Crippen LogP contribution in [0.15, 0.2) is 35.6 Å². The van der Waals surface area contributed by atoms with Crippen LogP contribution in [-0.4, -0.2) is 26.6 Å². The van der Waals surface area contributed by atoms with Crippen molar-refractivity contribution in [2.75, 3.05) is 0 Å². The maximum absolute atomic E-state index is 12.0. The van der Waals surface area contributed by atoms with E-state index >= 15 is 0 Å². The van der Waals surface area contributed by atoms with Gasteiger partial charge in [-0.2, -0.15) is 0 Å². The molecule has 0 atom stereocenters. The highest BCUT2D eigenvalue weighted by molar-refractivity contribution is 7.98. The fourth-order valence-electron chi connectivity index (χ4n) is 2.04. The molecule has 1 heterocycles. The van der Waals surface area contributed by atoms with Crippen molar-refractivity contribution in [3.8, 4) is 0 Å². The number of hydrogen-bond acceptors (Lipinski definition) is 4. The van der Waals surface area contributed by atoms with Crippen LogP contribution in [0.1, 0.15) is 25.1 Å². The van der Waals surface area contributed by atoms with Gasteiger partial charge in [0.25, 0.3) is 0 Å². The average molecular weight is 354 g/mol. The zero-order valence-electron chi connectivity index (χ0n) is 13.1. The van der Waals surface area contributed by atoms with E-state index in [1.807, 2.05) is 38.1 Å². The smallest absolute Gasteiger partial charge is 0.240 e. The summed E-state index contributed by atoms with van der Waals surface area (Å²) < 4.78 is 1.75. The Morgan fingerprint density at radius 2 is 2.09 bits per heavy atom. The molecule has 1 amide bonds. The Bertz CT molecular complexity index is 656. The van der Waals surface area contributed by atoms with E-state index in [-0.39, 0.29) is 25.1 Å². The molecule has 7 heteroatoms. The van der Waals surface area contributed by atoms with Crippen molar-refractivity contribution >= 4 is 29.3 Å². The molecule has 0 aliphatic carbocycles. The van der Waals surface area contributed by atoms with Crippen LogP contribution in [-0.2, 0) is 23.7 Å². The maximum atomic E-state index is 12.0. The summed E-state index contributed by atoms with van der Waals surface area (Å²) in [6, 6.07) is 7.69. The van der Waals surface area contributed by atoms with Gasteiger partial charge in [0, 0.05) is 16.8 Å². The summed E-state index contributed by atoms with van der Waals surface area (Å²) in [4.78, 5) is 16.3. The molecule has 1 aromatic carbocycles. The van der Waals surface area contributed by atoms with Gasteiger partial charge in [-0.1, -0.05) is 35.5 Å². The first kappa shape index (κ1) is 17.8. The van der Waals surface area contributed by atoms with Gasteiger partial charge in [-0.15, -0.1) is 0 Å². The number of amides is 1. The monoisotopic (exact) mass is 353 g/mol. The van der Waals surface area contributed by atoms with Crippen LogP contribution in [0, 0.1) is 0 Å². The number of aromatic nitrogens is 2. The minimum atomic E-state index is -0.149. The zero-order chi connectivity index (χ0) is 16.8. The lowest BCUT2D eigenvalue weighted by Gasteiger charge is -2.12. The van der Waals surface area contributed by atoms with Crippen molar-refractivity contribution in [3.05, 3.63) is 46.7 Å². The van der Waals surface area contributed by atoms with Crippen LogP contribution in [0.3, 0.4) is 0 Å². The molecular weight excluding hydrogens is 334 g/mol. The molecular formula is C16H20ClN3O2S. The van der Waals surface area contributed by atoms with E-state index < -0.39 is 0 Å². The molecule has 0 radical (unpaired) electrons. The van der Waals surface area contributed by atoms with E-state index in [4.69, 9.17) is 11.6 Å². The van der Waals surface area contributed by atoms with Crippen molar-refractivity contribution in [1.29, 1.82) is 0 Å². The topological polar surface area (TPSA) is 67.2 Å². The Balaban J connectivity index is 2.07. The number of nitrogens with zero attached hydrogens (tertiary/aromatic N) is 2. The van der Waals surface area contributed by atoms with Crippen LogP contribution >= 0.6 is 23.4 Å². The van der Waals surface area contributed by atoms with Crippen LogP contribution in [0.4, 0.5) is 0 Å². The van der Waals surface area contributed by atoms with E-state index in [0.717, 1.165) is 5.56 Å². The third-order valence-electron chi connectivity index (χ3n) is 3.10. The Hall–Kier alpha value is -1.50.